The highest BCUT2D eigenvalue weighted by Crippen LogP contribution is 2.24. The highest BCUT2D eigenvalue weighted by molar-refractivity contribution is 5.93. The van der Waals surface area contributed by atoms with Crippen LogP contribution >= 0.6 is 0 Å². The van der Waals surface area contributed by atoms with Crippen LogP contribution < -0.4 is 5.32 Å². The van der Waals surface area contributed by atoms with E-state index in [1.807, 2.05) is 13.8 Å². The third kappa shape index (κ3) is 4.15. The van der Waals surface area contributed by atoms with E-state index in [0.29, 0.717) is 12.5 Å². The van der Waals surface area contributed by atoms with Gasteiger partial charge in [0, 0.05) is 13.6 Å². The molecule has 0 spiro atoms. The molecule has 0 heterocycles. The predicted molar refractivity (Wildman–Crippen MR) is 76.2 cm³/mol. The number of carboxylic acids is 1. The Morgan fingerprint density at radius 3 is 2.55 bits per heavy atom. The molecule has 0 fully saturated rings. The second-order valence-electron chi connectivity index (χ2n) is 4.86. The zero-order chi connectivity index (χ0) is 15.3. The number of carbonyl (C=O) groups excluding carboxylic acids is 1. The van der Waals surface area contributed by atoms with E-state index in [2.05, 4.69) is 5.32 Å². The first kappa shape index (κ1) is 15.8. The Morgan fingerprint density at radius 2 is 2.05 bits per heavy atom. The van der Waals surface area contributed by atoms with E-state index in [1.54, 1.807) is 7.05 Å². The summed E-state index contributed by atoms with van der Waals surface area (Å²) >= 11 is 0. The van der Waals surface area contributed by atoms with Crippen LogP contribution in [0, 0.1) is 5.92 Å². The molecular formula is C14H20N2O4. The molecule has 0 bridgehead atoms. The first-order chi connectivity index (χ1) is 9.35. The van der Waals surface area contributed by atoms with E-state index < -0.39 is 5.97 Å². The van der Waals surface area contributed by atoms with Gasteiger partial charge in [-0.25, -0.2) is 9.59 Å². The summed E-state index contributed by atoms with van der Waals surface area (Å²) in [6.07, 6.45) is 0.968. The average Bonchev–Trinajstić information content (AvgIpc) is 2.40. The summed E-state index contributed by atoms with van der Waals surface area (Å²) in [6.45, 7) is 4.70. The number of nitrogens with one attached hydrogen (secondary N) is 1. The van der Waals surface area contributed by atoms with Gasteiger partial charge in [-0.15, -0.1) is 0 Å². The molecule has 1 aromatic carbocycles. The Kier molecular flexibility index (Phi) is 5.37. The van der Waals surface area contributed by atoms with Crippen LogP contribution in [0.5, 0.6) is 5.75 Å². The molecule has 0 aromatic heterocycles. The molecule has 20 heavy (non-hydrogen) atoms. The Balaban J connectivity index is 2.73. The molecule has 1 unspecified atom stereocenters. The lowest BCUT2D eigenvalue weighted by molar-refractivity contribution is 0.0696. The number of phenolic OH excluding ortho intramolecular Hbond substituents is 1. The standard InChI is InChI=1S/C14H20N2O4/c1-4-9(2)8-16(3)14(20)15-11-6-5-10(13(18)19)7-12(11)17/h5-7,9,17H,4,8H2,1-3H3,(H,15,20)(H,18,19). The average molecular weight is 280 g/mol. The minimum atomic E-state index is -1.13. The van der Waals surface area contributed by atoms with Crippen molar-refractivity contribution in [3.63, 3.8) is 0 Å². The van der Waals surface area contributed by atoms with Crippen LogP contribution in [0.3, 0.4) is 0 Å². The number of phenols is 1. The normalized spacial score (nSPS) is 11.8. The van der Waals surface area contributed by atoms with Crippen molar-refractivity contribution in [1.29, 1.82) is 0 Å². The summed E-state index contributed by atoms with van der Waals surface area (Å²) in [7, 11) is 1.67. The molecule has 0 saturated carbocycles. The van der Waals surface area contributed by atoms with Gasteiger partial charge in [0.2, 0.25) is 0 Å². The number of hydrogen-bond donors (Lipinski definition) is 3. The second-order valence-corrected chi connectivity index (χ2v) is 4.86. The van der Waals surface area contributed by atoms with E-state index in [4.69, 9.17) is 5.11 Å². The fourth-order valence-corrected chi connectivity index (χ4v) is 1.66. The number of hydrogen-bond acceptors (Lipinski definition) is 3. The van der Waals surface area contributed by atoms with Gasteiger partial charge >= 0.3 is 12.0 Å². The van der Waals surface area contributed by atoms with Crippen molar-refractivity contribution in [1.82, 2.24) is 4.90 Å². The minimum Gasteiger partial charge on any atom is -0.506 e. The maximum Gasteiger partial charge on any atom is 0.335 e. The lowest BCUT2D eigenvalue weighted by Gasteiger charge is -2.21. The number of carbonyl (C=O) groups is 2. The fourth-order valence-electron chi connectivity index (χ4n) is 1.66. The predicted octanol–water partition coefficient (Wildman–Crippen LogP) is 2.60. The molecule has 2 amide bonds. The summed E-state index contributed by atoms with van der Waals surface area (Å²) in [5.74, 6) is -1.02. The zero-order valence-electron chi connectivity index (χ0n) is 11.9. The first-order valence-electron chi connectivity index (χ1n) is 6.43. The maximum atomic E-state index is 11.9. The maximum absolute atomic E-state index is 11.9. The van der Waals surface area contributed by atoms with Gasteiger partial charge in [0.25, 0.3) is 0 Å². The molecule has 0 aliphatic carbocycles. The summed E-state index contributed by atoms with van der Waals surface area (Å²) in [4.78, 5) is 24.2. The van der Waals surface area contributed by atoms with Gasteiger partial charge in [-0.1, -0.05) is 20.3 Å². The van der Waals surface area contributed by atoms with Gasteiger partial charge in [-0.3, -0.25) is 0 Å². The molecule has 3 N–H and O–H groups in total. The van der Waals surface area contributed by atoms with Crippen LogP contribution in [0.1, 0.15) is 30.6 Å². The molecule has 1 aromatic rings. The Morgan fingerprint density at radius 1 is 1.40 bits per heavy atom. The molecule has 6 nitrogen and oxygen atoms in total. The van der Waals surface area contributed by atoms with Crippen molar-refractivity contribution in [2.24, 2.45) is 5.92 Å². The Labute approximate surface area is 118 Å². The molecule has 1 atom stereocenters. The largest absolute Gasteiger partial charge is 0.506 e. The molecule has 0 aliphatic heterocycles. The van der Waals surface area contributed by atoms with Crippen molar-refractivity contribution in [2.45, 2.75) is 20.3 Å². The van der Waals surface area contributed by atoms with Gasteiger partial charge in [-0.05, 0) is 24.1 Å². The van der Waals surface area contributed by atoms with E-state index >= 15 is 0 Å². The topological polar surface area (TPSA) is 89.9 Å². The van der Waals surface area contributed by atoms with E-state index in [1.165, 1.54) is 17.0 Å². The second kappa shape index (κ2) is 6.79. The number of amides is 2. The minimum absolute atomic E-state index is 0.0338. The van der Waals surface area contributed by atoms with E-state index in [-0.39, 0.29) is 23.0 Å². The SMILES string of the molecule is CCC(C)CN(C)C(=O)Nc1ccc(C(=O)O)cc1O. The van der Waals surface area contributed by atoms with Crippen LogP contribution in [0.15, 0.2) is 18.2 Å². The van der Waals surface area contributed by atoms with Crippen LogP contribution in [0.4, 0.5) is 10.5 Å². The number of nitrogens with zero attached hydrogens (tertiary/aromatic N) is 1. The number of carboxylic acid groups (broad SMARTS) is 1. The number of urea groups is 1. The smallest absolute Gasteiger partial charge is 0.335 e. The van der Waals surface area contributed by atoms with Crippen LogP contribution in [-0.2, 0) is 0 Å². The summed E-state index contributed by atoms with van der Waals surface area (Å²) in [6, 6.07) is 3.45. The number of aromatic hydroxyl groups is 1. The van der Waals surface area contributed by atoms with Gasteiger partial charge in [-0.2, -0.15) is 0 Å². The highest BCUT2D eigenvalue weighted by Gasteiger charge is 2.14. The van der Waals surface area contributed by atoms with E-state index in [0.717, 1.165) is 12.5 Å². The highest BCUT2D eigenvalue weighted by atomic mass is 16.4. The monoisotopic (exact) mass is 280 g/mol. The van der Waals surface area contributed by atoms with Crippen molar-refractivity contribution in [3.05, 3.63) is 23.8 Å². The summed E-state index contributed by atoms with van der Waals surface area (Å²) < 4.78 is 0. The zero-order valence-corrected chi connectivity index (χ0v) is 11.9. The van der Waals surface area contributed by atoms with Crippen molar-refractivity contribution < 1.29 is 19.8 Å². The Bertz CT molecular complexity index is 502. The number of anilines is 1. The van der Waals surface area contributed by atoms with Gasteiger partial charge in [0.15, 0.2) is 0 Å². The third-order valence-corrected chi connectivity index (χ3v) is 3.12. The number of aromatic carboxylic acids is 1. The molecule has 6 heteroatoms. The van der Waals surface area contributed by atoms with Gasteiger partial charge in [0.1, 0.15) is 5.75 Å². The molecule has 110 valence electrons. The van der Waals surface area contributed by atoms with Gasteiger partial charge in [0.05, 0.1) is 11.3 Å². The lowest BCUT2D eigenvalue weighted by Crippen LogP contribution is -2.34. The molecular weight excluding hydrogens is 260 g/mol. The van der Waals surface area contributed by atoms with Crippen LogP contribution in [0.2, 0.25) is 0 Å². The van der Waals surface area contributed by atoms with E-state index in [9.17, 15) is 14.7 Å². The van der Waals surface area contributed by atoms with Gasteiger partial charge < -0.3 is 20.4 Å². The molecule has 0 radical (unpaired) electrons. The fraction of sp³-hybridized carbons (Fsp3) is 0.429. The van der Waals surface area contributed by atoms with Crippen LogP contribution in [-0.4, -0.2) is 40.7 Å². The molecule has 0 aliphatic rings. The Hall–Kier alpha value is -2.24. The van der Waals surface area contributed by atoms with Crippen molar-refractivity contribution >= 4 is 17.7 Å². The first-order valence-corrected chi connectivity index (χ1v) is 6.43. The molecule has 0 saturated heterocycles. The summed E-state index contributed by atoms with van der Waals surface area (Å²) in [5, 5.41) is 21.0. The lowest BCUT2D eigenvalue weighted by atomic mass is 10.1. The quantitative estimate of drug-likeness (QED) is 0.723. The number of rotatable bonds is 5. The molecule has 1 rings (SSSR count). The van der Waals surface area contributed by atoms with Crippen molar-refractivity contribution in [3.8, 4) is 5.75 Å². The van der Waals surface area contributed by atoms with Crippen LogP contribution in [0.25, 0.3) is 0 Å². The van der Waals surface area contributed by atoms with Crippen molar-refractivity contribution in [2.75, 3.05) is 18.9 Å². The number of benzene rings is 1. The summed E-state index contributed by atoms with van der Waals surface area (Å²) in [5.41, 5.74) is 0.157. The third-order valence-electron chi connectivity index (χ3n) is 3.12.